The first-order chi connectivity index (χ1) is 14.5. The third-order valence-corrected chi connectivity index (χ3v) is 4.65. The minimum Gasteiger partial charge on any atom is -0.478 e. The summed E-state index contributed by atoms with van der Waals surface area (Å²) in [6.45, 7) is 0.234. The van der Waals surface area contributed by atoms with Gasteiger partial charge in [-0.2, -0.15) is 5.10 Å². The van der Waals surface area contributed by atoms with Crippen LogP contribution in [0.2, 0.25) is 0 Å². The van der Waals surface area contributed by atoms with E-state index in [9.17, 15) is 14.4 Å². The summed E-state index contributed by atoms with van der Waals surface area (Å²) in [7, 11) is 0. The van der Waals surface area contributed by atoms with E-state index in [4.69, 9.17) is 5.11 Å². The molecular weight excluding hydrogens is 382 g/mol. The summed E-state index contributed by atoms with van der Waals surface area (Å²) in [5, 5.41) is 16.9. The molecule has 0 fully saturated rings. The van der Waals surface area contributed by atoms with Gasteiger partial charge in [-0.25, -0.2) is 9.48 Å². The Morgan fingerprint density at radius 2 is 1.50 bits per heavy atom. The normalized spacial score (nSPS) is 10.7. The zero-order valence-electron chi connectivity index (χ0n) is 15.8. The lowest BCUT2D eigenvalue weighted by molar-refractivity contribution is 0.0696. The van der Waals surface area contributed by atoms with Crippen molar-refractivity contribution in [2.75, 3.05) is 5.32 Å². The molecule has 3 aromatic carbocycles. The van der Waals surface area contributed by atoms with E-state index < -0.39 is 11.9 Å². The minimum atomic E-state index is -1.05. The van der Waals surface area contributed by atoms with Crippen molar-refractivity contribution in [3.05, 3.63) is 106 Å². The van der Waals surface area contributed by atoms with Crippen molar-refractivity contribution in [1.29, 1.82) is 0 Å². The van der Waals surface area contributed by atoms with E-state index in [0.717, 1.165) is 5.56 Å². The number of carbonyl (C=O) groups excluding carboxylic acids is 1. The fourth-order valence-corrected chi connectivity index (χ4v) is 3.15. The molecule has 1 heterocycles. The standard InChI is InChI=1S/C23H17N3O4/c27-21(24-17-12-10-16(11-13-17)23(29)30)20-18-8-4-5-9-19(18)22(28)26(25-20)14-15-6-2-1-3-7-15/h1-13H,14H2,(H,24,27)(H,29,30). The molecule has 4 aromatic rings. The molecule has 0 saturated heterocycles. The third-order valence-electron chi connectivity index (χ3n) is 4.65. The van der Waals surface area contributed by atoms with Crippen LogP contribution in [0.5, 0.6) is 0 Å². The van der Waals surface area contributed by atoms with E-state index in [1.54, 1.807) is 24.3 Å². The van der Waals surface area contributed by atoms with Crippen molar-refractivity contribution in [1.82, 2.24) is 9.78 Å². The highest BCUT2D eigenvalue weighted by Crippen LogP contribution is 2.17. The summed E-state index contributed by atoms with van der Waals surface area (Å²) < 4.78 is 1.28. The number of benzene rings is 3. The van der Waals surface area contributed by atoms with Crippen LogP contribution < -0.4 is 10.9 Å². The average Bonchev–Trinajstić information content (AvgIpc) is 2.77. The summed E-state index contributed by atoms with van der Waals surface area (Å²) in [5.41, 5.74) is 1.27. The summed E-state index contributed by atoms with van der Waals surface area (Å²) in [4.78, 5) is 36.8. The molecular formula is C23H17N3O4. The van der Waals surface area contributed by atoms with Crippen molar-refractivity contribution < 1.29 is 14.7 Å². The number of rotatable bonds is 5. The molecule has 4 rings (SSSR count). The highest BCUT2D eigenvalue weighted by molar-refractivity contribution is 6.11. The summed E-state index contributed by atoms with van der Waals surface area (Å²) in [6.07, 6.45) is 0. The second-order valence-electron chi connectivity index (χ2n) is 6.68. The smallest absolute Gasteiger partial charge is 0.335 e. The molecule has 1 amide bonds. The van der Waals surface area contributed by atoms with E-state index in [1.165, 1.54) is 28.9 Å². The Morgan fingerprint density at radius 3 is 2.17 bits per heavy atom. The Hall–Kier alpha value is -4.26. The highest BCUT2D eigenvalue weighted by atomic mass is 16.4. The first kappa shape index (κ1) is 19.1. The zero-order valence-corrected chi connectivity index (χ0v) is 15.8. The number of hydrogen-bond acceptors (Lipinski definition) is 4. The maximum absolute atomic E-state index is 13.0. The number of hydrogen-bond donors (Lipinski definition) is 2. The molecule has 0 radical (unpaired) electrons. The molecule has 7 heteroatoms. The van der Waals surface area contributed by atoms with Crippen LogP contribution in [0.25, 0.3) is 10.8 Å². The molecule has 7 nitrogen and oxygen atoms in total. The first-order valence-corrected chi connectivity index (χ1v) is 9.21. The molecule has 0 aliphatic heterocycles. The number of aromatic carboxylic acids is 1. The van der Waals surface area contributed by atoms with Gasteiger partial charge in [0.25, 0.3) is 11.5 Å². The van der Waals surface area contributed by atoms with Gasteiger partial charge in [0.2, 0.25) is 0 Å². The molecule has 0 atom stereocenters. The predicted molar refractivity (Wildman–Crippen MR) is 113 cm³/mol. The number of carbonyl (C=O) groups is 2. The summed E-state index contributed by atoms with van der Waals surface area (Å²) >= 11 is 0. The zero-order chi connectivity index (χ0) is 21.1. The fraction of sp³-hybridized carbons (Fsp3) is 0.0435. The maximum Gasteiger partial charge on any atom is 0.335 e. The number of nitrogens with one attached hydrogen (secondary N) is 1. The highest BCUT2D eigenvalue weighted by Gasteiger charge is 2.17. The van der Waals surface area contributed by atoms with E-state index in [-0.39, 0.29) is 23.4 Å². The van der Waals surface area contributed by atoms with Crippen molar-refractivity contribution >= 4 is 28.3 Å². The molecule has 0 aliphatic rings. The Balaban J connectivity index is 1.73. The largest absolute Gasteiger partial charge is 0.478 e. The number of carboxylic acid groups (broad SMARTS) is 1. The van der Waals surface area contributed by atoms with Gasteiger partial charge in [-0.15, -0.1) is 0 Å². The molecule has 1 aromatic heterocycles. The molecule has 0 saturated carbocycles. The van der Waals surface area contributed by atoms with Crippen molar-refractivity contribution in [3.63, 3.8) is 0 Å². The molecule has 0 bridgehead atoms. The van der Waals surface area contributed by atoms with Gasteiger partial charge >= 0.3 is 5.97 Å². The molecule has 30 heavy (non-hydrogen) atoms. The van der Waals surface area contributed by atoms with E-state index >= 15 is 0 Å². The number of carboxylic acids is 1. The SMILES string of the molecule is O=C(O)c1ccc(NC(=O)c2nn(Cc3ccccc3)c(=O)c3ccccc23)cc1. The van der Waals surface area contributed by atoms with E-state index in [1.807, 2.05) is 30.3 Å². The van der Waals surface area contributed by atoms with Crippen molar-refractivity contribution in [2.24, 2.45) is 0 Å². The number of anilines is 1. The molecule has 0 spiro atoms. The predicted octanol–water partition coefficient (Wildman–Crippen LogP) is 3.40. The van der Waals surface area contributed by atoms with Crippen molar-refractivity contribution in [2.45, 2.75) is 6.54 Å². The Labute approximate surface area is 171 Å². The van der Waals surface area contributed by atoms with Gasteiger partial charge in [-0.3, -0.25) is 9.59 Å². The lowest BCUT2D eigenvalue weighted by Crippen LogP contribution is -2.28. The van der Waals surface area contributed by atoms with Crippen LogP contribution in [-0.2, 0) is 6.54 Å². The minimum absolute atomic E-state index is 0.114. The second-order valence-corrected chi connectivity index (χ2v) is 6.68. The van der Waals surface area contributed by atoms with Crippen LogP contribution in [0.15, 0.2) is 83.7 Å². The molecule has 148 valence electrons. The van der Waals surface area contributed by atoms with Gasteiger partial charge in [0.15, 0.2) is 5.69 Å². The van der Waals surface area contributed by atoms with Crippen LogP contribution in [-0.4, -0.2) is 26.8 Å². The number of aromatic nitrogens is 2. The Bertz CT molecular complexity index is 1300. The van der Waals surface area contributed by atoms with E-state index in [2.05, 4.69) is 10.4 Å². The van der Waals surface area contributed by atoms with Crippen molar-refractivity contribution in [3.8, 4) is 0 Å². The van der Waals surface area contributed by atoms with E-state index in [0.29, 0.717) is 16.5 Å². The van der Waals surface area contributed by atoms with Crippen LogP contribution in [0, 0.1) is 0 Å². The lowest BCUT2D eigenvalue weighted by atomic mass is 10.1. The van der Waals surface area contributed by atoms with Gasteiger partial charge in [-0.05, 0) is 35.9 Å². The van der Waals surface area contributed by atoms with Crippen LogP contribution in [0.3, 0.4) is 0 Å². The molecule has 0 aliphatic carbocycles. The van der Waals surface area contributed by atoms with Gasteiger partial charge in [-0.1, -0.05) is 48.5 Å². The molecule has 0 unspecified atom stereocenters. The number of amides is 1. The first-order valence-electron chi connectivity index (χ1n) is 9.21. The van der Waals surface area contributed by atoms with Crippen LogP contribution >= 0.6 is 0 Å². The monoisotopic (exact) mass is 399 g/mol. The van der Waals surface area contributed by atoms with Gasteiger partial charge in [0, 0.05) is 11.1 Å². The Kier molecular flexibility index (Phi) is 5.09. The summed E-state index contributed by atoms with van der Waals surface area (Å²) in [5.74, 6) is -1.54. The lowest BCUT2D eigenvalue weighted by Gasteiger charge is -2.11. The average molecular weight is 399 g/mol. The third kappa shape index (κ3) is 3.81. The van der Waals surface area contributed by atoms with Gasteiger partial charge < -0.3 is 10.4 Å². The summed E-state index contributed by atoms with van der Waals surface area (Å²) in [6, 6.07) is 22.0. The maximum atomic E-state index is 13.0. The Morgan fingerprint density at radius 1 is 0.867 bits per heavy atom. The second kappa shape index (κ2) is 8.00. The van der Waals surface area contributed by atoms with Crippen LogP contribution in [0.1, 0.15) is 26.4 Å². The quantitative estimate of drug-likeness (QED) is 0.536. The van der Waals surface area contributed by atoms with Gasteiger partial charge in [0.1, 0.15) is 0 Å². The van der Waals surface area contributed by atoms with Gasteiger partial charge in [0.05, 0.1) is 17.5 Å². The fourth-order valence-electron chi connectivity index (χ4n) is 3.15. The topological polar surface area (TPSA) is 101 Å². The molecule has 2 N–H and O–H groups in total. The number of nitrogens with zero attached hydrogens (tertiary/aromatic N) is 2. The van der Waals surface area contributed by atoms with Crippen LogP contribution in [0.4, 0.5) is 5.69 Å². The number of fused-ring (bicyclic) bond motifs is 1.